The average molecular weight is 359 g/mol. The summed E-state index contributed by atoms with van der Waals surface area (Å²) in [6.45, 7) is 5.70. The molecule has 5 heteroatoms. The van der Waals surface area contributed by atoms with E-state index in [1.165, 1.54) is 7.11 Å². The Morgan fingerprint density at radius 3 is 1.76 bits per heavy atom. The van der Waals surface area contributed by atoms with Crippen LogP contribution in [0, 0.1) is 19.8 Å². The first kappa shape index (κ1) is 19.4. The number of hydrogen-bond donors (Lipinski definition) is 1. The van der Waals surface area contributed by atoms with Gasteiger partial charge in [0.15, 0.2) is 0 Å². The van der Waals surface area contributed by atoms with Crippen molar-refractivity contribution in [1.29, 1.82) is 0 Å². The summed E-state index contributed by atoms with van der Waals surface area (Å²) in [7, 11) is -1.62. The molecule has 0 amide bonds. The fraction of sp³-hybridized carbons (Fsp3) is 0.350. The summed E-state index contributed by atoms with van der Waals surface area (Å²) in [5.41, 5.74) is 8.45. The van der Waals surface area contributed by atoms with E-state index in [0.29, 0.717) is 0 Å². The molecule has 2 N–H and O–H groups in total. The summed E-state index contributed by atoms with van der Waals surface area (Å²) in [5, 5.41) is 1.52. The topological polar surface area (TPSA) is 69.4 Å². The van der Waals surface area contributed by atoms with Crippen LogP contribution in [0.1, 0.15) is 18.1 Å². The molecule has 2 rings (SSSR count). The lowest BCUT2D eigenvalue weighted by atomic mass is 10.1. The van der Waals surface area contributed by atoms with Crippen molar-refractivity contribution in [3.8, 4) is 0 Å². The predicted molar refractivity (Wildman–Crippen MR) is 103 cm³/mol. The maximum atomic E-state index is 14.0. The van der Waals surface area contributed by atoms with Crippen LogP contribution < -0.4 is 16.3 Å². The quantitative estimate of drug-likeness (QED) is 0.636. The van der Waals surface area contributed by atoms with Crippen molar-refractivity contribution in [2.45, 2.75) is 26.8 Å². The molecule has 0 radical (unpaired) electrons. The summed E-state index contributed by atoms with van der Waals surface area (Å²) in [6.07, 6.45) is 0.218. The van der Waals surface area contributed by atoms with E-state index in [1.54, 1.807) is 6.92 Å². The molecular weight excluding hydrogens is 333 g/mol. The van der Waals surface area contributed by atoms with Crippen LogP contribution >= 0.6 is 7.14 Å². The van der Waals surface area contributed by atoms with Crippen LogP contribution in [-0.4, -0.2) is 25.3 Å². The van der Waals surface area contributed by atoms with Gasteiger partial charge in [0.2, 0.25) is 0 Å². The zero-order valence-electron chi connectivity index (χ0n) is 15.2. The van der Waals surface area contributed by atoms with E-state index in [0.717, 1.165) is 21.7 Å². The van der Waals surface area contributed by atoms with Crippen molar-refractivity contribution in [2.24, 2.45) is 11.7 Å². The Labute approximate surface area is 149 Å². The largest absolute Gasteiger partial charge is 0.469 e. The molecule has 2 unspecified atom stereocenters. The first-order chi connectivity index (χ1) is 11.8. The summed E-state index contributed by atoms with van der Waals surface area (Å²) in [5.74, 6) is -0.902. The number of carbonyl (C=O) groups is 1. The van der Waals surface area contributed by atoms with Gasteiger partial charge in [0.25, 0.3) is 0 Å². The molecule has 0 saturated heterocycles. The van der Waals surface area contributed by atoms with E-state index in [1.807, 2.05) is 62.4 Å². The van der Waals surface area contributed by atoms with Gasteiger partial charge in [0.1, 0.15) is 7.14 Å². The summed E-state index contributed by atoms with van der Waals surface area (Å²) >= 11 is 0. The molecule has 0 spiro atoms. The molecule has 4 nitrogen and oxygen atoms in total. The second kappa shape index (κ2) is 7.99. The number of methoxy groups -OCH3 is 1. The highest BCUT2D eigenvalue weighted by molar-refractivity contribution is 7.78. The monoisotopic (exact) mass is 359 g/mol. The highest BCUT2D eigenvalue weighted by atomic mass is 31.2. The molecule has 0 saturated carbocycles. The van der Waals surface area contributed by atoms with Crippen LogP contribution in [0.5, 0.6) is 0 Å². The highest BCUT2D eigenvalue weighted by Crippen LogP contribution is 2.44. The molecule has 0 heterocycles. The average Bonchev–Trinajstić information content (AvgIpc) is 2.61. The van der Waals surface area contributed by atoms with E-state index in [-0.39, 0.29) is 12.1 Å². The molecule has 2 atom stereocenters. The molecule has 0 fully saturated rings. The molecule has 0 aliphatic rings. The van der Waals surface area contributed by atoms with Crippen molar-refractivity contribution in [3.63, 3.8) is 0 Å². The number of nitrogens with two attached hydrogens (primary N) is 1. The van der Waals surface area contributed by atoms with E-state index in [2.05, 4.69) is 0 Å². The van der Waals surface area contributed by atoms with Crippen LogP contribution in [0.15, 0.2) is 48.5 Å². The van der Waals surface area contributed by atoms with E-state index in [4.69, 9.17) is 10.5 Å². The van der Waals surface area contributed by atoms with Gasteiger partial charge in [-0.25, -0.2) is 0 Å². The normalized spacial score (nSPS) is 14.0. The van der Waals surface area contributed by atoms with Crippen LogP contribution in [-0.2, 0) is 14.1 Å². The van der Waals surface area contributed by atoms with Crippen molar-refractivity contribution < 1.29 is 14.1 Å². The van der Waals surface area contributed by atoms with Crippen LogP contribution in [0.3, 0.4) is 0 Å². The summed E-state index contributed by atoms with van der Waals surface area (Å²) in [4.78, 5) is 11.8. The van der Waals surface area contributed by atoms with Gasteiger partial charge in [-0.15, -0.1) is 0 Å². The van der Waals surface area contributed by atoms with Crippen molar-refractivity contribution in [2.75, 3.05) is 13.3 Å². The van der Waals surface area contributed by atoms with Crippen LogP contribution in [0.4, 0.5) is 0 Å². The number of benzene rings is 2. The minimum absolute atomic E-state index is 0.218. The van der Waals surface area contributed by atoms with Crippen LogP contribution in [0.25, 0.3) is 0 Å². The second-order valence-corrected chi connectivity index (χ2v) is 9.45. The Morgan fingerprint density at radius 1 is 1.00 bits per heavy atom. The van der Waals surface area contributed by atoms with Gasteiger partial charge in [0, 0.05) is 22.8 Å². The predicted octanol–water partition coefficient (Wildman–Crippen LogP) is 2.75. The number of rotatable bonds is 6. The number of carbonyl (C=O) groups excluding carboxylic acids is 1. The number of ether oxygens (including phenoxy) is 1. The highest BCUT2D eigenvalue weighted by Gasteiger charge is 2.33. The third kappa shape index (κ3) is 4.39. The van der Waals surface area contributed by atoms with Crippen molar-refractivity contribution in [3.05, 3.63) is 59.7 Å². The zero-order valence-corrected chi connectivity index (χ0v) is 16.1. The van der Waals surface area contributed by atoms with Gasteiger partial charge in [-0.05, 0) is 13.8 Å². The second-order valence-electron chi connectivity index (χ2n) is 6.57. The molecule has 134 valence electrons. The summed E-state index contributed by atoms with van der Waals surface area (Å²) < 4.78 is 18.8. The molecule has 0 aliphatic carbocycles. The van der Waals surface area contributed by atoms with E-state index in [9.17, 15) is 9.36 Å². The molecule has 2 aromatic rings. The van der Waals surface area contributed by atoms with Crippen LogP contribution in [0.2, 0.25) is 0 Å². The summed E-state index contributed by atoms with van der Waals surface area (Å²) in [6, 6.07) is 14.8. The Hall–Kier alpha value is -1.90. The van der Waals surface area contributed by atoms with Gasteiger partial charge in [0.05, 0.1) is 13.0 Å². The van der Waals surface area contributed by atoms with E-state index < -0.39 is 19.1 Å². The van der Waals surface area contributed by atoms with Gasteiger partial charge in [-0.2, -0.15) is 0 Å². The lowest BCUT2D eigenvalue weighted by molar-refractivity contribution is -0.145. The first-order valence-corrected chi connectivity index (χ1v) is 10.2. The standard InChI is InChI=1S/C20H26NO3P/c1-14-5-9-17(10-6-14)25(23,18-11-7-15(2)8-12-18)13-19(21)16(3)20(22)24-4/h5-12,16,19H,13,21H2,1-4H3. The number of esters is 1. The lowest BCUT2D eigenvalue weighted by Crippen LogP contribution is -2.39. The molecule has 0 aliphatic heterocycles. The molecule has 0 bridgehead atoms. The van der Waals surface area contributed by atoms with Crippen molar-refractivity contribution >= 4 is 23.7 Å². The molecule has 0 aromatic heterocycles. The molecular formula is C20H26NO3P. The smallest absolute Gasteiger partial charge is 0.309 e. The van der Waals surface area contributed by atoms with Gasteiger partial charge in [-0.1, -0.05) is 66.6 Å². The van der Waals surface area contributed by atoms with E-state index >= 15 is 0 Å². The number of aryl methyl sites for hydroxylation is 2. The Morgan fingerprint density at radius 2 is 1.40 bits per heavy atom. The van der Waals surface area contributed by atoms with Gasteiger partial charge in [-0.3, -0.25) is 4.79 Å². The van der Waals surface area contributed by atoms with Gasteiger partial charge >= 0.3 is 5.97 Å². The minimum Gasteiger partial charge on any atom is -0.469 e. The maximum Gasteiger partial charge on any atom is 0.309 e. The Bertz CT molecular complexity index is 719. The first-order valence-electron chi connectivity index (χ1n) is 8.35. The van der Waals surface area contributed by atoms with Gasteiger partial charge < -0.3 is 15.0 Å². The fourth-order valence-electron chi connectivity index (χ4n) is 2.75. The Kier molecular flexibility index (Phi) is 6.21. The minimum atomic E-state index is -2.96. The SMILES string of the molecule is COC(=O)C(C)C(N)CP(=O)(c1ccc(C)cc1)c1ccc(C)cc1. The fourth-order valence-corrected chi connectivity index (χ4v) is 5.64. The zero-order chi connectivity index (χ0) is 18.6. The maximum absolute atomic E-state index is 14.0. The van der Waals surface area contributed by atoms with Crippen molar-refractivity contribution in [1.82, 2.24) is 0 Å². The molecule has 25 heavy (non-hydrogen) atoms. The third-order valence-electron chi connectivity index (χ3n) is 4.59. The number of hydrogen-bond acceptors (Lipinski definition) is 4. The lowest BCUT2D eigenvalue weighted by Gasteiger charge is -2.25. The molecule has 2 aromatic carbocycles. The third-order valence-corrected chi connectivity index (χ3v) is 7.79. The Balaban J connectivity index is 2.45.